The van der Waals surface area contributed by atoms with Crippen LogP contribution in [0.3, 0.4) is 0 Å². The zero-order valence-electron chi connectivity index (χ0n) is 16.2. The lowest BCUT2D eigenvalue weighted by atomic mass is 9.79. The van der Waals surface area contributed by atoms with Crippen LogP contribution in [0.1, 0.15) is 41.6 Å². The Labute approximate surface area is 168 Å². The van der Waals surface area contributed by atoms with E-state index in [0.29, 0.717) is 29.7 Å². The second-order valence-corrected chi connectivity index (χ2v) is 7.08. The van der Waals surface area contributed by atoms with Crippen LogP contribution in [-0.2, 0) is 19.7 Å². The maximum atomic E-state index is 13.3. The van der Waals surface area contributed by atoms with Crippen LogP contribution < -0.4 is 10.6 Å². The number of halogens is 1. The van der Waals surface area contributed by atoms with Crippen LogP contribution in [0, 0.1) is 5.82 Å². The van der Waals surface area contributed by atoms with Crippen LogP contribution in [-0.4, -0.2) is 31.4 Å². The summed E-state index contributed by atoms with van der Waals surface area (Å²) in [6, 6.07) is 12.2. The first-order chi connectivity index (χ1) is 13.9. The summed E-state index contributed by atoms with van der Waals surface area (Å²) in [6.45, 7) is -0.418. The number of rotatable bonds is 6. The first kappa shape index (κ1) is 20.5. The highest BCUT2D eigenvalue weighted by molar-refractivity contribution is 5.96. The fourth-order valence-corrected chi connectivity index (χ4v) is 3.67. The zero-order valence-corrected chi connectivity index (χ0v) is 16.2. The molecule has 29 heavy (non-hydrogen) atoms. The molecule has 1 aliphatic rings. The van der Waals surface area contributed by atoms with Gasteiger partial charge in [-0.1, -0.05) is 25.0 Å². The normalized spacial score (nSPS) is 14.8. The number of nitrogens with one attached hydrogen (secondary N) is 2. The summed E-state index contributed by atoms with van der Waals surface area (Å²) in [6.07, 6.45) is 2.97. The van der Waals surface area contributed by atoms with Gasteiger partial charge < -0.3 is 15.4 Å². The number of benzene rings is 2. The SMILES string of the molecule is CNC(=O)c1ccc(NC(=O)COC(=O)C2(c3ccc(F)cc3)CCCC2)cc1. The molecule has 2 aromatic carbocycles. The van der Waals surface area contributed by atoms with Crippen LogP contribution in [0.4, 0.5) is 10.1 Å². The van der Waals surface area contributed by atoms with Gasteiger partial charge in [0.15, 0.2) is 6.61 Å². The number of amides is 2. The molecule has 7 heteroatoms. The van der Waals surface area contributed by atoms with Crippen molar-refractivity contribution >= 4 is 23.5 Å². The van der Waals surface area contributed by atoms with Crippen LogP contribution in [0.15, 0.2) is 48.5 Å². The number of carbonyl (C=O) groups is 3. The lowest BCUT2D eigenvalue weighted by Gasteiger charge is -2.27. The topological polar surface area (TPSA) is 84.5 Å². The third kappa shape index (κ3) is 4.62. The maximum absolute atomic E-state index is 13.3. The molecule has 2 aromatic rings. The summed E-state index contributed by atoms with van der Waals surface area (Å²) < 4.78 is 18.6. The molecule has 152 valence electrons. The van der Waals surface area contributed by atoms with Crippen LogP contribution in [0.25, 0.3) is 0 Å². The minimum atomic E-state index is -0.830. The molecule has 2 amide bonds. The van der Waals surface area contributed by atoms with Gasteiger partial charge in [0, 0.05) is 18.3 Å². The highest BCUT2D eigenvalue weighted by Crippen LogP contribution is 2.42. The van der Waals surface area contributed by atoms with Crippen LogP contribution in [0.5, 0.6) is 0 Å². The summed E-state index contributed by atoms with van der Waals surface area (Å²) in [5.74, 6) is -1.53. The number of hydrogen-bond acceptors (Lipinski definition) is 4. The van der Waals surface area contributed by atoms with Gasteiger partial charge in [-0.15, -0.1) is 0 Å². The lowest BCUT2D eigenvalue weighted by Crippen LogP contribution is -2.36. The van der Waals surface area contributed by atoms with E-state index >= 15 is 0 Å². The van der Waals surface area contributed by atoms with E-state index in [4.69, 9.17) is 4.74 Å². The summed E-state index contributed by atoms with van der Waals surface area (Å²) in [7, 11) is 1.54. The van der Waals surface area contributed by atoms with Crippen molar-refractivity contribution in [3.8, 4) is 0 Å². The molecule has 3 rings (SSSR count). The quantitative estimate of drug-likeness (QED) is 0.732. The monoisotopic (exact) mass is 398 g/mol. The molecule has 0 spiro atoms. The minimum absolute atomic E-state index is 0.223. The van der Waals surface area contributed by atoms with Crippen molar-refractivity contribution in [2.24, 2.45) is 0 Å². The van der Waals surface area contributed by atoms with Crippen molar-refractivity contribution in [2.45, 2.75) is 31.1 Å². The maximum Gasteiger partial charge on any atom is 0.317 e. The standard InChI is InChI=1S/C22H23FN2O4/c1-24-20(27)15-4-10-18(11-5-15)25-19(26)14-29-21(28)22(12-2-3-13-22)16-6-8-17(23)9-7-16/h4-11H,2-3,12-14H2,1H3,(H,24,27)(H,25,26). The largest absolute Gasteiger partial charge is 0.455 e. The van der Waals surface area contributed by atoms with Gasteiger partial charge in [-0.3, -0.25) is 14.4 Å². The number of anilines is 1. The third-order valence-corrected chi connectivity index (χ3v) is 5.24. The van der Waals surface area contributed by atoms with Gasteiger partial charge in [0.05, 0.1) is 5.41 Å². The summed E-state index contributed by atoms with van der Waals surface area (Å²) in [5.41, 5.74) is 0.849. The first-order valence-corrected chi connectivity index (χ1v) is 9.50. The summed E-state index contributed by atoms with van der Waals surface area (Å²) in [4.78, 5) is 36.5. The smallest absolute Gasteiger partial charge is 0.317 e. The molecular formula is C22H23FN2O4. The van der Waals surface area contributed by atoms with Gasteiger partial charge in [-0.2, -0.15) is 0 Å². The Morgan fingerprint density at radius 1 is 1.00 bits per heavy atom. The molecule has 6 nitrogen and oxygen atoms in total. The lowest BCUT2D eigenvalue weighted by molar-refractivity contribution is -0.153. The molecule has 2 N–H and O–H groups in total. The Bertz CT molecular complexity index is 888. The number of ether oxygens (including phenoxy) is 1. The van der Waals surface area contributed by atoms with Crippen molar-refractivity contribution in [3.63, 3.8) is 0 Å². The Hall–Kier alpha value is -3.22. The third-order valence-electron chi connectivity index (χ3n) is 5.24. The van der Waals surface area contributed by atoms with Gasteiger partial charge >= 0.3 is 5.97 Å². The molecule has 0 saturated heterocycles. The molecule has 0 atom stereocenters. The van der Waals surface area contributed by atoms with E-state index in [2.05, 4.69) is 10.6 Å². The Morgan fingerprint density at radius 3 is 2.21 bits per heavy atom. The van der Waals surface area contributed by atoms with Gasteiger partial charge in [0.1, 0.15) is 5.82 Å². The van der Waals surface area contributed by atoms with E-state index in [-0.39, 0.29) is 11.7 Å². The molecule has 0 bridgehead atoms. The molecule has 1 saturated carbocycles. The molecule has 0 aromatic heterocycles. The van der Waals surface area contributed by atoms with E-state index in [0.717, 1.165) is 12.8 Å². The van der Waals surface area contributed by atoms with Crippen LogP contribution >= 0.6 is 0 Å². The van der Waals surface area contributed by atoms with Crippen molar-refractivity contribution < 1.29 is 23.5 Å². The predicted octanol–water partition coefficient (Wildman–Crippen LogP) is 3.18. The molecule has 0 heterocycles. The van der Waals surface area contributed by atoms with E-state index in [9.17, 15) is 18.8 Å². The highest BCUT2D eigenvalue weighted by atomic mass is 19.1. The number of hydrogen-bond donors (Lipinski definition) is 2. The zero-order chi connectivity index (χ0) is 20.9. The second-order valence-electron chi connectivity index (χ2n) is 7.08. The molecule has 1 fully saturated rings. The van der Waals surface area contributed by atoms with E-state index < -0.39 is 23.9 Å². The van der Waals surface area contributed by atoms with Crippen LogP contribution in [0.2, 0.25) is 0 Å². The summed E-state index contributed by atoms with van der Waals surface area (Å²) >= 11 is 0. The average Bonchev–Trinajstić information content (AvgIpc) is 3.23. The average molecular weight is 398 g/mol. The number of carbonyl (C=O) groups excluding carboxylic acids is 3. The Kier molecular flexibility index (Phi) is 6.26. The van der Waals surface area contributed by atoms with Crippen molar-refractivity contribution in [2.75, 3.05) is 19.0 Å². The Morgan fingerprint density at radius 2 is 1.62 bits per heavy atom. The fraction of sp³-hybridized carbons (Fsp3) is 0.318. The van der Waals surface area contributed by atoms with Crippen molar-refractivity contribution in [1.82, 2.24) is 5.32 Å². The predicted molar refractivity (Wildman–Crippen MR) is 106 cm³/mol. The Balaban J connectivity index is 1.60. The molecule has 0 radical (unpaired) electrons. The minimum Gasteiger partial charge on any atom is -0.455 e. The molecular weight excluding hydrogens is 375 g/mol. The second kappa shape index (κ2) is 8.86. The van der Waals surface area contributed by atoms with Crippen molar-refractivity contribution in [1.29, 1.82) is 0 Å². The summed E-state index contributed by atoms with van der Waals surface area (Å²) in [5, 5.41) is 5.15. The highest BCUT2D eigenvalue weighted by Gasteiger charge is 2.44. The van der Waals surface area contributed by atoms with Gasteiger partial charge in [-0.25, -0.2) is 4.39 Å². The van der Waals surface area contributed by atoms with Gasteiger partial charge in [0.2, 0.25) is 0 Å². The molecule has 0 unspecified atom stereocenters. The van der Waals surface area contributed by atoms with E-state index in [1.807, 2.05) is 0 Å². The van der Waals surface area contributed by atoms with Crippen molar-refractivity contribution in [3.05, 3.63) is 65.5 Å². The number of esters is 1. The van der Waals surface area contributed by atoms with E-state index in [1.165, 1.54) is 19.2 Å². The molecule has 0 aliphatic heterocycles. The van der Waals surface area contributed by atoms with Gasteiger partial charge in [-0.05, 0) is 54.8 Å². The van der Waals surface area contributed by atoms with E-state index in [1.54, 1.807) is 36.4 Å². The molecule has 1 aliphatic carbocycles. The fourth-order valence-electron chi connectivity index (χ4n) is 3.67. The first-order valence-electron chi connectivity index (χ1n) is 9.50. The van der Waals surface area contributed by atoms with Gasteiger partial charge in [0.25, 0.3) is 11.8 Å².